The topological polar surface area (TPSA) is 72.0 Å². The van der Waals surface area contributed by atoms with E-state index in [-0.39, 0.29) is 17.8 Å². The summed E-state index contributed by atoms with van der Waals surface area (Å²) in [6.45, 7) is 4.18. The number of carbonyl (C=O) groups excluding carboxylic acids is 2. The van der Waals surface area contributed by atoms with E-state index >= 15 is 0 Å². The second-order valence-corrected chi connectivity index (χ2v) is 8.13. The maximum Gasteiger partial charge on any atom is 0.355 e. The molecule has 3 aromatic rings. The Bertz CT molecular complexity index is 1200. The highest BCUT2D eigenvalue weighted by Gasteiger charge is 2.42. The number of pyridine rings is 1. The average molecular weight is 458 g/mol. The molecule has 2 heterocycles. The second-order valence-electron chi connectivity index (χ2n) is 8.13. The quantitative estimate of drug-likeness (QED) is 0.528. The number of methoxy groups -OCH3 is 2. The Morgan fingerprint density at radius 1 is 0.794 bits per heavy atom. The number of anilines is 2. The number of aryl methyl sites for hydroxylation is 2. The Kier molecular flexibility index (Phi) is 6.63. The van der Waals surface area contributed by atoms with Gasteiger partial charge in [-0.15, -0.1) is 0 Å². The third kappa shape index (κ3) is 4.37. The lowest BCUT2D eigenvalue weighted by molar-refractivity contribution is -0.139. The molecular formula is C27H27N3O4. The van der Waals surface area contributed by atoms with Crippen molar-refractivity contribution in [1.29, 1.82) is 0 Å². The molecule has 0 radical (unpaired) electrons. The molecule has 7 heteroatoms. The van der Waals surface area contributed by atoms with Gasteiger partial charge in [-0.25, -0.2) is 9.59 Å². The van der Waals surface area contributed by atoms with Crippen molar-refractivity contribution in [2.75, 3.05) is 30.6 Å². The van der Waals surface area contributed by atoms with Crippen molar-refractivity contribution in [3.8, 4) is 0 Å². The van der Waals surface area contributed by atoms with Crippen LogP contribution in [0.15, 0.2) is 84.3 Å². The molecule has 0 aliphatic carbocycles. The molecule has 174 valence electrons. The maximum absolute atomic E-state index is 13.2. The Balaban J connectivity index is 2.03. The number of hydrogen-bond acceptors (Lipinski definition) is 7. The summed E-state index contributed by atoms with van der Waals surface area (Å²) in [5.74, 6) is -1.19. The summed E-state index contributed by atoms with van der Waals surface area (Å²) in [5.41, 5.74) is 5.12. The van der Waals surface area contributed by atoms with Crippen LogP contribution in [0.3, 0.4) is 0 Å². The van der Waals surface area contributed by atoms with Crippen molar-refractivity contribution in [3.63, 3.8) is 0 Å². The van der Waals surface area contributed by atoms with Crippen LogP contribution in [0.25, 0.3) is 0 Å². The first-order chi connectivity index (χ1) is 16.4. The first kappa shape index (κ1) is 23.0. The van der Waals surface area contributed by atoms with E-state index in [1.165, 1.54) is 14.2 Å². The first-order valence-corrected chi connectivity index (χ1v) is 10.9. The van der Waals surface area contributed by atoms with Crippen molar-refractivity contribution < 1.29 is 19.1 Å². The highest BCUT2D eigenvalue weighted by molar-refractivity contribution is 6.04. The molecule has 4 rings (SSSR count). The lowest BCUT2D eigenvalue weighted by Gasteiger charge is -2.47. The smallest absolute Gasteiger partial charge is 0.355 e. The van der Waals surface area contributed by atoms with Crippen LogP contribution in [0.1, 0.15) is 22.9 Å². The van der Waals surface area contributed by atoms with Gasteiger partial charge in [0.15, 0.2) is 0 Å². The van der Waals surface area contributed by atoms with Crippen molar-refractivity contribution in [2.45, 2.75) is 20.0 Å². The van der Waals surface area contributed by atoms with E-state index in [0.29, 0.717) is 0 Å². The lowest BCUT2D eigenvalue weighted by atomic mass is 10.00. The molecule has 2 aromatic carbocycles. The zero-order valence-electron chi connectivity index (χ0n) is 19.7. The van der Waals surface area contributed by atoms with E-state index in [2.05, 4.69) is 9.88 Å². The van der Waals surface area contributed by atoms with Gasteiger partial charge in [0.05, 0.1) is 26.3 Å². The minimum absolute atomic E-state index is 0.156. The molecule has 0 N–H and O–H groups in total. The number of nitrogens with zero attached hydrogens (tertiary/aromatic N) is 3. The zero-order chi connectivity index (χ0) is 24.2. The summed E-state index contributed by atoms with van der Waals surface area (Å²) in [5, 5.41) is 0. The lowest BCUT2D eigenvalue weighted by Crippen LogP contribution is -2.50. The Morgan fingerprint density at radius 2 is 1.32 bits per heavy atom. The number of hydrogen-bond donors (Lipinski definition) is 0. The van der Waals surface area contributed by atoms with Gasteiger partial charge in [0.1, 0.15) is 11.9 Å². The number of aromatic nitrogens is 1. The standard InChI is InChI=1S/C27H27N3O4/c1-18-5-9-21(10-6-18)29-17-23(26(31)33-3)24(27(32)34-4)30(22-11-7-19(2)8-12-22)25(29)20-13-15-28-16-14-20/h5-16,25H,17H2,1-4H3. The van der Waals surface area contributed by atoms with Gasteiger partial charge < -0.3 is 19.3 Å². The molecule has 0 fully saturated rings. The molecule has 1 atom stereocenters. The zero-order valence-corrected chi connectivity index (χ0v) is 19.7. The first-order valence-electron chi connectivity index (χ1n) is 10.9. The summed E-state index contributed by atoms with van der Waals surface area (Å²) in [6, 6.07) is 19.7. The third-order valence-corrected chi connectivity index (χ3v) is 5.89. The fourth-order valence-corrected chi connectivity index (χ4v) is 4.15. The van der Waals surface area contributed by atoms with E-state index in [1.54, 1.807) is 12.4 Å². The summed E-state index contributed by atoms with van der Waals surface area (Å²) in [6.07, 6.45) is 2.98. The van der Waals surface area contributed by atoms with Gasteiger partial charge in [0.2, 0.25) is 0 Å². The van der Waals surface area contributed by atoms with Crippen LogP contribution in [0.2, 0.25) is 0 Å². The number of esters is 2. The van der Waals surface area contributed by atoms with Crippen LogP contribution < -0.4 is 9.80 Å². The molecule has 34 heavy (non-hydrogen) atoms. The van der Waals surface area contributed by atoms with Crippen molar-refractivity contribution in [1.82, 2.24) is 4.98 Å². The molecule has 0 bridgehead atoms. The number of benzene rings is 2. The van der Waals surface area contributed by atoms with Crippen LogP contribution in [0.5, 0.6) is 0 Å². The molecule has 1 unspecified atom stereocenters. The van der Waals surface area contributed by atoms with Gasteiger partial charge in [-0.05, 0) is 55.8 Å². The molecule has 0 saturated carbocycles. The van der Waals surface area contributed by atoms with Gasteiger partial charge >= 0.3 is 11.9 Å². The number of ether oxygens (including phenoxy) is 2. The van der Waals surface area contributed by atoms with Crippen LogP contribution in [0.4, 0.5) is 11.4 Å². The normalized spacial score (nSPS) is 15.8. The summed E-state index contributed by atoms with van der Waals surface area (Å²) < 4.78 is 10.2. The average Bonchev–Trinajstić information content (AvgIpc) is 2.88. The highest BCUT2D eigenvalue weighted by atomic mass is 16.5. The van der Waals surface area contributed by atoms with E-state index in [9.17, 15) is 9.59 Å². The van der Waals surface area contributed by atoms with Crippen LogP contribution in [-0.4, -0.2) is 37.7 Å². The molecule has 0 spiro atoms. The van der Waals surface area contributed by atoms with Crippen LogP contribution in [-0.2, 0) is 19.1 Å². The monoisotopic (exact) mass is 457 g/mol. The van der Waals surface area contributed by atoms with Gasteiger partial charge in [0, 0.05) is 23.8 Å². The van der Waals surface area contributed by atoms with Gasteiger partial charge in [-0.2, -0.15) is 0 Å². The SMILES string of the molecule is COC(=O)C1=C(C(=O)OC)N(c2ccc(C)cc2)C(c2ccncc2)N(c2ccc(C)cc2)C1. The van der Waals surface area contributed by atoms with E-state index < -0.39 is 18.1 Å². The maximum atomic E-state index is 13.2. The Hall–Kier alpha value is -4.13. The summed E-state index contributed by atoms with van der Waals surface area (Å²) in [4.78, 5) is 34.2. The van der Waals surface area contributed by atoms with Crippen LogP contribution >= 0.6 is 0 Å². The Labute approximate surface area is 199 Å². The molecule has 7 nitrogen and oxygen atoms in total. The number of rotatable bonds is 5. The van der Waals surface area contributed by atoms with E-state index in [0.717, 1.165) is 28.1 Å². The second kappa shape index (κ2) is 9.79. The summed E-state index contributed by atoms with van der Waals surface area (Å²) >= 11 is 0. The largest absolute Gasteiger partial charge is 0.466 e. The van der Waals surface area contributed by atoms with Gasteiger partial charge in [-0.3, -0.25) is 4.98 Å². The molecule has 1 aliphatic rings. The third-order valence-electron chi connectivity index (χ3n) is 5.89. The van der Waals surface area contributed by atoms with E-state index in [1.807, 2.05) is 79.4 Å². The predicted molar refractivity (Wildman–Crippen MR) is 130 cm³/mol. The highest BCUT2D eigenvalue weighted by Crippen LogP contribution is 2.41. The fourth-order valence-electron chi connectivity index (χ4n) is 4.15. The van der Waals surface area contributed by atoms with E-state index in [4.69, 9.17) is 9.47 Å². The van der Waals surface area contributed by atoms with Gasteiger partial charge in [-0.1, -0.05) is 35.4 Å². The van der Waals surface area contributed by atoms with Crippen LogP contribution in [0, 0.1) is 13.8 Å². The minimum atomic E-state index is -0.608. The molecule has 1 aromatic heterocycles. The fraction of sp³-hybridized carbons (Fsp3) is 0.222. The Morgan fingerprint density at radius 3 is 1.85 bits per heavy atom. The molecule has 0 amide bonds. The number of carbonyl (C=O) groups is 2. The molecular weight excluding hydrogens is 430 g/mol. The van der Waals surface area contributed by atoms with Gasteiger partial charge in [0.25, 0.3) is 0 Å². The molecule has 0 saturated heterocycles. The summed E-state index contributed by atoms with van der Waals surface area (Å²) in [7, 11) is 2.62. The molecule has 1 aliphatic heterocycles. The van der Waals surface area contributed by atoms with Crippen molar-refractivity contribution in [2.24, 2.45) is 0 Å². The van der Waals surface area contributed by atoms with Crippen molar-refractivity contribution >= 4 is 23.3 Å². The minimum Gasteiger partial charge on any atom is -0.466 e. The van der Waals surface area contributed by atoms with Crippen molar-refractivity contribution in [3.05, 3.63) is 101 Å². The predicted octanol–water partition coefficient (Wildman–Crippen LogP) is 4.32.